The van der Waals surface area contributed by atoms with Crippen LogP contribution in [0.25, 0.3) is 0 Å². The monoisotopic (exact) mass is 195 g/mol. The number of rotatable bonds is 3. The molecule has 1 aromatic rings. The third kappa shape index (κ3) is 2.13. The second kappa shape index (κ2) is 4.26. The minimum absolute atomic E-state index is 0.0618. The maximum Gasteiger partial charge on any atom is 0.224 e. The van der Waals surface area contributed by atoms with Crippen LogP contribution in [0.15, 0.2) is 0 Å². The van der Waals surface area contributed by atoms with E-state index in [-0.39, 0.29) is 5.91 Å². The molecule has 0 aliphatic rings. The van der Waals surface area contributed by atoms with Gasteiger partial charge in [0.1, 0.15) is 0 Å². The first kappa shape index (κ1) is 10.8. The van der Waals surface area contributed by atoms with Gasteiger partial charge in [-0.3, -0.25) is 9.48 Å². The molecule has 0 aromatic carbocycles. The third-order valence-electron chi connectivity index (χ3n) is 2.25. The quantitative estimate of drug-likeness (QED) is 0.799. The molecule has 1 heterocycles. The van der Waals surface area contributed by atoms with Crippen LogP contribution in [0.1, 0.15) is 31.2 Å². The van der Waals surface area contributed by atoms with Gasteiger partial charge in [-0.1, -0.05) is 6.92 Å². The lowest BCUT2D eigenvalue weighted by molar-refractivity contribution is -0.116. The largest absolute Gasteiger partial charge is 0.323 e. The number of carbonyl (C=O) groups is 1. The van der Waals surface area contributed by atoms with Gasteiger partial charge in [0.05, 0.1) is 17.1 Å². The molecule has 14 heavy (non-hydrogen) atoms. The highest BCUT2D eigenvalue weighted by Crippen LogP contribution is 2.18. The molecule has 4 nitrogen and oxygen atoms in total. The molecule has 0 bridgehead atoms. The molecule has 0 unspecified atom stereocenters. The second-order valence-corrected chi connectivity index (χ2v) is 3.47. The van der Waals surface area contributed by atoms with Crippen molar-refractivity contribution in [3.63, 3.8) is 0 Å². The van der Waals surface area contributed by atoms with E-state index in [0.29, 0.717) is 6.42 Å². The normalized spacial score (nSPS) is 10.3. The smallest absolute Gasteiger partial charge is 0.224 e. The van der Waals surface area contributed by atoms with Crippen LogP contribution in [0.4, 0.5) is 5.69 Å². The standard InChI is InChI=1S/C10H17N3O/c1-5-6-9(14)11-10-7(2)12-13(4)8(10)3/h5-6H2,1-4H3,(H,11,14). The maximum absolute atomic E-state index is 11.4. The Balaban J connectivity index is 2.81. The summed E-state index contributed by atoms with van der Waals surface area (Å²) in [6, 6.07) is 0. The molecule has 0 saturated heterocycles. The molecular formula is C10H17N3O. The second-order valence-electron chi connectivity index (χ2n) is 3.47. The molecule has 4 heteroatoms. The van der Waals surface area contributed by atoms with Gasteiger partial charge in [-0.15, -0.1) is 0 Å². The van der Waals surface area contributed by atoms with Crippen molar-refractivity contribution in [1.29, 1.82) is 0 Å². The topological polar surface area (TPSA) is 46.9 Å². The van der Waals surface area contributed by atoms with Crippen molar-refractivity contribution in [2.45, 2.75) is 33.6 Å². The van der Waals surface area contributed by atoms with E-state index in [1.165, 1.54) is 0 Å². The lowest BCUT2D eigenvalue weighted by Gasteiger charge is -2.03. The van der Waals surface area contributed by atoms with E-state index in [4.69, 9.17) is 0 Å². The molecule has 0 spiro atoms. The Bertz CT molecular complexity index is 341. The van der Waals surface area contributed by atoms with Gasteiger partial charge < -0.3 is 5.32 Å². The summed E-state index contributed by atoms with van der Waals surface area (Å²) in [6.07, 6.45) is 1.43. The molecule has 0 fully saturated rings. The average Bonchev–Trinajstić information content (AvgIpc) is 2.33. The molecule has 1 rings (SSSR count). The summed E-state index contributed by atoms with van der Waals surface area (Å²) in [7, 11) is 1.87. The summed E-state index contributed by atoms with van der Waals surface area (Å²) in [5, 5.41) is 7.10. The van der Waals surface area contributed by atoms with Crippen LogP contribution >= 0.6 is 0 Å². The van der Waals surface area contributed by atoms with Gasteiger partial charge >= 0.3 is 0 Å². The number of nitrogens with zero attached hydrogens (tertiary/aromatic N) is 2. The Morgan fingerprint density at radius 1 is 1.50 bits per heavy atom. The predicted octanol–water partition coefficient (Wildman–Crippen LogP) is 1.78. The molecule has 0 saturated carbocycles. The highest BCUT2D eigenvalue weighted by atomic mass is 16.1. The summed E-state index contributed by atoms with van der Waals surface area (Å²) in [6.45, 7) is 5.83. The summed E-state index contributed by atoms with van der Waals surface area (Å²) in [5.74, 6) is 0.0618. The zero-order valence-corrected chi connectivity index (χ0v) is 9.22. The predicted molar refractivity (Wildman–Crippen MR) is 56.2 cm³/mol. The number of aryl methyl sites for hydroxylation is 2. The van der Waals surface area contributed by atoms with Gasteiger partial charge in [-0.25, -0.2) is 0 Å². The molecular weight excluding hydrogens is 178 g/mol. The zero-order valence-electron chi connectivity index (χ0n) is 9.22. The number of hydrogen-bond acceptors (Lipinski definition) is 2. The van der Waals surface area contributed by atoms with Crippen LogP contribution < -0.4 is 5.32 Å². The molecule has 0 aliphatic carbocycles. The van der Waals surface area contributed by atoms with Crippen molar-refractivity contribution in [3.05, 3.63) is 11.4 Å². The van der Waals surface area contributed by atoms with E-state index in [1.54, 1.807) is 4.68 Å². The van der Waals surface area contributed by atoms with E-state index in [9.17, 15) is 4.79 Å². The van der Waals surface area contributed by atoms with Crippen LogP contribution in [0.5, 0.6) is 0 Å². The van der Waals surface area contributed by atoms with Crippen LogP contribution in [-0.2, 0) is 11.8 Å². The van der Waals surface area contributed by atoms with Crippen molar-refractivity contribution in [2.75, 3.05) is 5.32 Å². The molecule has 0 atom stereocenters. The van der Waals surface area contributed by atoms with Crippen LogP contribution in [0.3, 0.4) is 0 Å². The zero-order chi connectivity index (χ0) is 10.7. The molecule has 1 N–H and O–H groups in total. The van der Waals surface area contributed by atoms with E-state index < -0.39 is 0 Å². The van der Waals surface area contributed by atoms with Crippen LogP contribution in [0, 0.1) is 13.8 Å². The van der Waals surface area contributed by atoms with Gasteiger partial charge in [-0.2, -0.15) is 5.10 Å². The van der Waals surface area contributed by atoms with Gasteiger partial charge in [-0.05, 0) is 20.3 Å². The van der Waals surface area contributed by atoms with E-state index in [2.05, 4.69) is 10.4 Å². The van der Waals surface area contributed by atoms with Crippen molar-refractivity contribution >= 4 is 11.6 Å². The fraction of sp³-hybridized carbons (Fsp3) is 0.600. The molecule has 78 valence electrons. The maximum atomic E-state index is 11.4. The minimum atomic E-state index is 0.0618. The van der Waals surface area contributed by atoms with Crippen molar-refractivity contribution in [3.8, 4) is 0 Å². The average molecular weight is 195 g/mol. The third-order valence-corrected chi connectivity index (χ3v) is 2.25. The van der Waals surface area contributed by atoms with E-state index >= 15 is 0 Å². The number of hydrogen-bond donors (Lipinski definition) is 1. The minimum Gasteiger partial charge on any atom is -0.323 e. The van der Waals surface area contributed by atoms with Gasteiger partial charge in [0.15, 0.2) is 0 Å². The molecule has 1 aromatic heterocycles. The first-order valence-corrected chi connectivity index (χ1v) is 4.86. The van der Waals surface area contributed by atoms with Crippen molar-refractivity contribution in [2.24, 2.45) is 7.05 Å². The summed E-state index contributed by atoms with van der Waals surface area (Å²) in [5.41, 5.74) is 2.72. The van der Waals surface area contributed by atoms with Crippen LogP contribution in [-0.4, -0.2) is 15.7 Å². The van der Waals surface area contributed by atoms with E-state index in [1.807, 2.05) is 27.8 Å². The van der Waals surface area contributed by atoms with Gasteiger partial charge in [0.2, 0.25) is 5.91 Å². The summed E-state index contributed by atoms with van der Waals surface area (Å²) in [4.78, 5) is 11.4. The fourth-order valence-electron chi connectivity index (χ4n) is 1.38. The van der Waals surface area contributed by atoms with E-state index in [0.717, 1.165) is 23.5 Å². The van der Waals surface area contributed by atoms with Gasteiger partial charge in [0, 0.05) is 13.5 Å². The number of anilines is 1. The Hall–Kier alpha value is -1.32. The first-order chi connectivity index (χ1) is 6.56. The fourth-order valence-corrected chi connectivity index (χ4v) is 1.38. The SMILES string of the molecule is CCCC(=O)Nc1c(C)nn(C)c1C. The summed E-state index contributed by atoms with van der Waals surface area (Å²) >= 11 is 0. The highest BCUT2D eigenvalue weighted by molar-refractivity contribution is 5.91. The van der Waals surface area contributed by atoms with Crippen molar-refractivity contribution in [1.82, 2.24) is 9.78 Å². The molecule has 1 amide bonds. The number of aromatic nitrogens is 2. The lowest BCUT2D eigenvalue weighted by atomic mass is 10.2. The Labute approximate surface area is 84.3 Å². The molecule has 0 radical (unpaired) electrons. The van der Waals surface area contributed by atoms with Gasteiger partial charge in [0.25, 0.3) is 0 Å². The Kier molecular flexibility index (Phi) is 3.28. The highest BCUT2D eigenvalue weighted by Gasteiger charge is 2.11. The number of carbonyl (C=O) groups excluding carboxylic acids is 1. The summed E-state index contributed by atoms with van der Waals surface area (Å²) < 4.78 is 1.77. The Morgan fingerprint density at radius 2 is 2.14 bits per heavy atom. The number of nitrogens with one attached hydrogen (secondary N) is 1. The Morgan fingerprint density at radius 3 is 2.57 bits per heavy atom. The first-order valence-electron chi connectivity index (χ1n) is 4.86. The van der Waals surface area contributed by atoms with Crippen LogP contribution in [0.2, 0.25) is 0 Å². The number of amides is 1. The molecule has 0 aliphatic heterocycles. The lowest BCUT2D eigenvalue weighted by Crippen LogP contribution is -2.11. The van der Waals surface area contributed by atoms with Crippen molar-refractivity contribution < 1.29 is 4.79 Å².